The van der Waals surface area contributed by atoms with Crippen molar-refractivity contribution in [2.45, 2.75) is 39.3 Å². The van der Waals surface area contributed by atoms with E-state index in [1.165, 1.54) is 4.68 Å². The van der Waals surface area contributed by atoms with E-state index >= 15 is 0 Å². The molecule has 3 amide bonds. The van der Waals surface area contributed by atoms with E-state index in [4.69, 9.17) is 5.11 Å². The number of nitrogens with zero attached hydrogens (tertiary/aromatic N) is 3. The molecule has 1 heterocycles. The van der Waals surface area contributed by atoms with Gasteiger partial charge in [0.25, 0.3) is 0 Å². The van der Waals surface area contributed by atoms with Crippen molar-refractivity contribution < 1.29 is 14.7 Å². The number of aromatic nitrogens is 3. The van der Waals surface area contributed by atoms with Gasteiger partial charge in [-0.15, -0.1) is 5.10 Å². The van der Waals surface area contributed by atoms with Crippen molar-refractivity contribution in [3.8, 4) is 0 Å². The molecule has 0 radical (unpaired) electrons. The molecular weight excluding hydrogens is 250 g/mol. The van der Waals surface area contributed by atoms with E-state index in [0.717, 1.165) is 0 Å². The van der Waals surface area contributed by atoms with Crippen molar-refractivity contribution in [3.05, 3.63) is 11.9 Å². The fourth-order valence-corrected chi connectivity index (χ4v) is 1.40. The minimum atomic E-state index is -0.527. The van der Waals surface area contributed by atoms with E-state index in [1.54, 1.807) is 20.0 Å². The van der Waals surface area contributed by atoms with Gasteiger partial charge in [-0.2, -0.15) is 0 Å². The Balaban J connectivity index is 2.39. The van der Waals surface area contributed by atoms with Crippen LogP contribution in [-0.2, 0) is 17.8 Å². The average Bonchev–Trinajstić information content (AvgIpc) is 2.72. The van der Waals surface area contributed by atoms with E-state index in [-0.39, 0.29) is 19.2 Å². The lowest BCUT2D eigenvalue weighted by Gasteiger charge is -2.08. The number of hydrogen-bond donors (Lipinski definition) is 3. The van der Waals surface area contributed by atoms with Gasteiger partial charge >= 0.3 is 6.03 Å². The maximum absolute atomic E-state index is 11.5. The highest BCUT2D eigenvalue weighted by molar-refractivity contribution is 5.94. The van der Waals surface area contributed by atoms with Gasteiger partial charge in [-0.1, -0.05) is 5.21 Å². The van der Waals surface area contributed by atoms with Crippen molar-refractivity contribution in [1.29, 1.82) is 0 Å². The predicted octanol–water partition coefficient (Wildman–Crippen LogP) is -0.563. The van der Waals surface area contributed by atoms with Crippen LogP contribution in [0.3, 0.4) is 0 Å². The van der Waals surface area contributed by atoms with Gasteiger partial charge < -0.3 is 10.4 Å². The summed E-state index contributed by atoms with van der Waals surface area (Å²) in [5, 5.41) is 21.1. The quantitative estimate of drug-likeness (QED) is 0.641. The second-order valence-electron chi connectivity index (χ2n) is 4.41. The molecular formula is C11H19N5O3. The lowest BCUT2D eigenvalue weighted by atomic mass is 10.3. The van der Waals surface area contributed by atoms with Crippen LogP contribution in [0.25, 0.3) is 0 Å². The van der Waals surface area contributed by atoms with Crippen LogP contribution >= 0.6 is 0 Å². The van der Waals surface area contributed by atoms with Crippen LogP contribution in [0.1, 0.15) is 26.0 Å². The first-order valence-electron chi connectivity index (χ1n) is 6.11. The molecule has 0 unspecified atom stereocenters. The van der Waals surface area contributed by atoms with E-state index < -0.39 is 11.9 Å². The molecule has 1 aromatic rings. The monoisotopic (exact) mass is 269 g/mol. The standard InChI is InChI=1S/C11H19N5O3/c1-8(2)12-11(19)13-10(18)7-16-6-9(14-15-16)4-3-5-17/h6,8,17H,3-5,7H2,1-2H3,(H2,12,13,18,19). The molecule has 0 spiro atoms. The molecule has 0 saturated carbocycles. The summed E-state index contributed by atoms with van der Waals surface area (Å²) >= 11 is 0. The van der Waals surface area contributed by atoms with Gasteiger partial charge in [-0.05, 0) is 26.7 Å². The number of aliphatic hydroxyl groups is 1. The summed E-state index contributed by atoms with van der Waals surface area (Å²) in [6, 6.07) is -0.565. The molecule has 19 heavy (non-hydrogen) atoms. The Morgan fingerprint density at radius 3 is 2.84 bits per heavy atom. The lowest BCUT2D eigenvalue weighted by molar-refractivity contribution is -0.120. The van der Waals surface area contributed by atoms with E-state index in [2.05, 4.69) is 20.9 Å². The Labute approximate surface area is 111 Å². The second kappa shape index (κ2) is 7.47. The molecule has 3 N–H and O–H groups in total. The SMILES string of the molecule is CC(C)NC(=O)NC(=O)Cn1cc(CCCO)nn1. The van der Waals surface area contributed by atoms with Gasteiger partial charge in [0.05, 0.1) is 5.69 Å². The predicted molar refractivity (Wildman–Crippen MR) is 67.2 cm³/mol. The largest absolute Gasteiger partial charge is 0.396 e. The summed E-state index contributed by atoms with van der Waals surface area (Å²) in [6.45, 7) is 3.62. The van der Waals surface area contributed by atoms with Crippen LogP contribution < -0.4 is 10.6 Å². The molecule has 8 heteroatoms. The molecule has 1 aromatic heterocycles. The number of hydrogen-bond acceptors (Lipinski definition) is 5. The highest BCUT2D eigenvalue weighted by Gasteiger charge is 2.10. The number of urea groups is 1. The highest BCUT2D eigenvalue weighted by atomic mass is 16.3. The average molecular weight is 269 g/mol. The van der Waals surface area contributed by atoms with Gasteiger partial charge in [0.1, 0.15) is 6.54 Å². The fraction of sp³-hybridized carbons (Fsp3) is 0.636. The van der Waals surface area contributed by atoms with Crippen molar-refractivity contribution in [2.75, 3.05) is 6.61 Å². The number of imide groups is 1. The van der Waals surface area contributed by atoms with Gasteiger partial charge in [0.2, 0.25) is 5.91 Å². The molecule has 0 aliphatic carbocycles. The van der Waals surface area contributed by atoms with Crippen LogP contribution in [0.5, 0.6) is 0 Å². The molecule has 0 fully saturated rings. The zero-order valence-electron chi connectivity index (χ0n) is 11.1. The number of rotatable bonds is 6. The van der Waals surface area contributed by atoms with Crippen LogP contribution in [0.4, 0.5) is 4.79 Å². The number of amides is 3. The number of carbonyl (C=O) groups is 2. The normalized spacial score (nSPS) is 10.5. The number of nitrogens with one attached hydrogen (secondary N) is 2. The Kier molecular flexibility index (Phi) is 5.94. The molecule has 0 atom stereocenters. The Hall–Kier alpha value is -1.96. The van der Waals surface area contributed by atoms with Gasteiger partial charge in [0, 0.05) is 18.8 Å². The van der Waals surface area contributed by atoms with E-state index in [1.807, 2.05) is 0 Å². The summed E-state index contributed by atoms with van der Waals surface area (Å²) in [4.78, 5) is 22.8. The van der Waals surface area contributed by atoms with Gasteiger partial charge in [-0.3, -0.25) is 10.1 Å². The number of aliphatic hydroxyl groups excluding tert-OH is 1. The molecule has 1 rings (SSSR count). The van der Waals surface area contributed by atoms with E-state index in [9.17, 15) is 9.59 Å². The van der Waals surface area contributed by atoms with Crippen molar-refractivity contribution in [2.24, 2.45) is 0 Å². The minimum absolute atomic E-state index is 0.0377. The Morgan fingerprint density at radius 1 is 1.47 bits per heavy atom. The van der Waals surface area contributed by atoms with Crippen molar-refractivity contribution in [1.82, 2.24) is 25.6 Å². The van der Waals surface area contributed by atoms with Crippen LogP contribution in [0.15, 0.2) is 6.20 Å². The number of aryl methyl sites for hydroxylation is 1. The smallest absolute Gasteiger partial charge is 0.321 e. The molecule has 0 bridgehead atoms. The molecule has 0 saturated heterocycles. The number of carbonyl (C=O) groups excluding carboxylic acids is 2. The summed E-state index contributed by atoms with van der Waals surface area (Å²) < 4.78 is 1.35. The molecule has 0 aromatic carbocycles. The van der Waals surface area contributed by atoms with Crippen molar-refractivity contribution >= 4 is 11.9 Å². The Morgan fingerprint density at radius 2 is 2.21 bits per heavy atom. The summed E-state index contributed by atoms with van der Waals surface area (Å²) in [5.74, 6) is -0.461. The van der Waals surface area contributed by atoms with E-state index in [0.29, 0.717) is 18.5 Å². The third-order valence-corrected chi connectivity index (χ3v) is 2.16. The Bertz CT molecular complexity index is 430. The van der Waals surface area contributed by atoms with Gasteiger partial charge in [0.15, 0.2) is 0 Å². The maximum Gasteiger partial charge on any atom is 0.321 e. The van der Waals surface area contributed by atoms with Crippen LogP contribution in [0, 0.1) is 0 Å². The summed E-state index contributed by atoms with van der Waals surface area (Å²) in [7, 11) is 0. The first-order chi connectivity index (χ1) is 9.01. The zero-order chi connectivity index (χ0) is 14.3. The minimum Gasteiger partial charge on any atom is -0.396 e. The topological polar surface area (TPSA) is 109 Å². The molecule has 0 aliphatic rings. The zero-order valence-corrected chi connectivity index (χ0v) is 11.1. The van der Waals surface area contributed by atoms with Crippen LogP contribution in [0.2, 0.25) is 0 Å². The first kappa shape index (κ1) is 15.1. The third kappa shape index (κ3) is 5.96. The first-order valence-corrected chi connectivity index (χ1v) is 6.11. The molecule has 8 nitrogen and oxygen atoms in total. The van der Waals surface area contributed by atoms with Crippen LogP contribution in [-0.4, -0.2) is 44.7 Å². The molecule has 106 valence electrons. The highest BCUT2D eigenvalue weighted by Crippen LogP contribution is 1.97. The molecule has 0 aliphatic heterocycles. The third-order valence-electron chi connectivity index (χ3n) is 2.16. The summed E-state index contributed by atoms with van der Waals surface area (Å²) in [5.41, 5.74) is 0.702. The van der Waals surface area contributed by atoms with Crippen molar-refractivity contribution in [3.63, 3.8) is 0 Å². The second-order valence-corrected chi connectivity index (χ2v) is 4.41. The summed E-state index contributed by atoms with van der Waals surface area (Å²) in [6.07, 6.45) is 2.82. The maximum atomic E-state index is 11.5. The fourth-order valence-electron chi connectivity index (χ4n) is 1.40. The lowest BCUT2D eigenvalue weighted by Crippen LogP contribution is -2.43. The van der Waals surface area contributed by atoms with Gasteiger partial charge in [-0.25, -0.2) is 9.48 Å².